The molecule has 1 saturated heterocycles. The van der Waals surface area contributed by atoms with Gasteiger partial charge in [-0.25, -0.2) is 14.6 Å². The number of aryl methyl sites for hydroxylation is 1. The number of benzene rings is 2. The smallest absolute Gasteiger partial charge is 0.255 e. The summed E-state index contributed by atoms with van der Waals surface area (Å²) < 4.78 is 1.78. The maximum absolute atomic E-state index is 13.5. The van der Waals surface area contributed by atoms with Crippen molar-refractivity contribution >= 4 is 11.9 Å². The lowest BCUT2D eigenvalue weighted by Crippen LogP contribution is -2.48. The van der Waals surface area contributed by atoms with Crippen LogP contribution in [0, 0.1) is 6.92 Å². The summed E-state index contributed by atoms with van der Waals surface area (Å²) in [5.41, 5.74) is 4.21. The summed E-state index contributed by atoms with van der Waals surface area (Å²) in [6, 6.07) is 19.8. The predicted octanol–water partition coefficient (Wildman–Crippen LogP) is 4.04. The summed E-state index contributed by atoms with van der Waals surface area (Å²) in [4.78, 5) is 24.3. The summed E-state index contributed by atoms with van der Waals surface area (Å²) in [7, 11) is 0. The third-order valence-electron chi connectivity index (χ3n) is 5.86. The molecule has 33 heavy (non-hydrogen) atoms. The molecule has 0 radical (unpaired) electrons. The Balaban J connectivity index is 1.42. The van der Waals surface area contributed by atoms with Crippen LogP contribution in [0.1, 0.15) is 28.8 Å². The van der Waals surface area contributed by atoms with Gasteiger partial charge in [-0.15, -0.1) is 0 Å². The van der Waals surface area contributed by atoms with Crippen LogP contribution in [0.15, 0.2) is 79.3 Å². The van der Waals surface area contributed by atoms with E-state index in [-0.39, 0.29) is 11.9 Å². The molecule has 1 fully saturated rings. The Labute approximate surface area is 193 Å². The van der Waals surface area contributed by atoms with Gasteiger partial charge in [-0.2, -0.15) is 5.10 Å². The van der Waals surface area contributed by atoms with Crippen molar-refractivity contribution in [2.45, 2.75) is 25.8 Å². The number of carbonyl (C=O) groups is 1. The molecular formula is C26H26N6O. The highest BCUT2D eigenvalue weighted by Crippen LogP contribution is 2.25. The molecule has 7 heteroatoms. The van der Waals surface area contributed by atoms with Crippen LogP contribution in [-0.2, 0) is 0 Å². The second-order valence-corrected chi connectivity index (χ2v) is 8.35. The lowest BCUT2D eigenvalue weighted by molar-refractivity contribution is 0.0933. The summed E-state index contributed by atoms with van der Waals surface area (Å²) in [6.45, 7) is 3.61. The molecule has 4 aromatic rings. The van der Waals surface area contributed by atoms with Crippen LogP contribution in [0.4, 0.5) is 5.95 Å². The fourth-order valence-electron chi connectivity index (χ4n) is 4.25. The maximum atomic E-state index is 13.5. The first-order valence-corrected chi connectivity index (χ1v) is 11.2. The van der Waals surface area contributed by atoms with Crippen LogP contribution in [0.25, 0.3) is 16.9 Å². The molecule has 1 aliphatic rings. The van der Waals surface area contributed by atoms with Crippen LogP contribution >= 0.6 is 0 Å². The van der Waals surface area contributed by atoms with Crippen molar-refractivity contribution in [3.05, 3.63) is 90.4 Å². The topological polar surface area (TPSA) is 75.9 Å². The minimum atomic E-state index is -0.116. The van der Waals surface area contributed by atoms with E-state index in [1.54, 1.807) is 17.1 Å². The van der Waals surface area contributed by atoms with E-state index in [1.165, 1.54) is 0 Å². The molecule has 0 aliphatic carbocycles. The molecule has 1 aliphatic heterocycles. The summed E-state index contributed by atoms with van der Waals surface area (Å²) in [5, 5.41) is 8.03. The predicted molar refractivity (Wildman–Crippen MR) is 128 cm³/mol. The lowest BCUT2D eigenvalue weighted by Gasteiger charge is -2.33. The van der Waals surface area contributed by atoms with Gasteiger partial charge in [0, 0.05) is 43.3 Å². The summed E-state index contributed by atoms with van der Waals surface area (Å²) in [5.74, 6) is 0.586. The number of aromatic nitrogens is 4. The number of nitrogens with zero attached hydrogens (tertiary/aromatic N) is 5. The van der Waals surface area contributed by atoms with Gasteiger partial charge >= 0.3 is 0 Å². The van der Waals surface area contributed by atoms with E-state index in [4.69, 9.17) is 5.10 Å². The van der Waals surface area contributed by atoms with Crippen molar-refractivity contribution in [3.8, 4) is 16.9 Å². The SMILES string of the molecule is Cc1cccc(-c2nn(-c3ccccc3)cc2C(=O)NC2CCCN(c3ncccn3)C2)c1. The monoisotopic (exact) mass is 438 g/mol. The molecule has 1 unspecified atom stereocenters. The molecular weight excluding hydrogens is 412 g/mol. The number of nitrogens with one attached hydrogen (secondary N) is 1. The molecule has 0 bridgehead atoms. The summed E-state index contributed by atoms with van der Waals surface area (Å²) in [6.07, 6.45) is 7.20. The van der Waals surface area contributed by atoms with Crippen LogP contribution in [0.2, 0.25) is 0 Å². The average Bonchev–Trinajstić information content (AvgIpc) is 3.31. The number of carbonyl (C=O) groups excluding carboxylic acids is 1. The van der Waals surface area contributed by atoms with Crippen LogP contribution < -0.4 is 10.2 Å². The summed E-state index contributed by atoms with van der Waals surface area (Å²) >= 11 is 0. The molecule has 0 spiro atoms. The van der Waals surface area contributed by atoms with Crippen molar-refractivity contribution in [1.29, 1.82) is 0 Å². The second kappa shape index (κ2) is 9.24. The fraction of sp³-hybridized carbons (Fsp3) is 0.231. The van der Waals surface area contributed by atoms with E-state index in [9.17, 15) is 4.79 Å². The first-order chi connectivity index (χ1) is 16.2. The van der Waals surface area contributed by atoms with E-state index >= 15 is 0 Å². The average molecular weight is 439 g/mol. The van der Waals surface area contributed by atoms with Crippen molar-refractivity contribution in [2.75, 3.05) is 18.0 Å². The molecule has 2 aromatic heterocycles. The Hall–Kier alpha value is -4.00. The highest BCUT2D eigenvalue weighted by Gasteiger charge is 2.26. The Kier molecular flexibility index (Phi) is 5.85. The van der Waals surface area contributed by atoms with E-state index < -0.39 is 0 Å². The number of hydrogen-bond donors (Lipinski definition) is 1. The molecule has 5 rings (SSSR count). The molecule has 1 amide bonds. The van der Waals surface area contributed by atoms with E-state index in [0.717, 1.165) is 36.2 Å². The molecule has 0 saturated carbocycles. The number of anilines is 1. The Morgan fingerprint density at radius 3 is 2.64 bits per heavy atom. The van der Waals surface area contributed by atoms with Gasteiger partial charge in [0.15, 0.2) is 0 Å². The molecule has 1 atom stereocenters. The van der Waals surface area contributed by atoms with Crippen LogP contribution in [-0.4, -0.2) is 44.8 Å². The Morgan fingerprint density at radius 2 is 1.85 bits per heavy atom. The zero-order valence-electron chi connectivity index (χ0n) is 18.6. The fourth-order valence-corrected chi connectivity index (χ4v) is 4.25. The van der Waals surface area contributed by atoms with Gasteiger partial charge in [0.2, 0.25) is 5.95 Å². The molecule has 1 N–H and O–H groups in total. The minimum absolute atomic E-state index is 0.0143. The lowest BCUT2D eigenvalue weighted by atomic mass is 10.0. The highest BCUT2D eigenvalue weighted by atomic mass is 16.1. The minimum Gasteiger partial charge on any atom is -0.347 e. The quantitative estimate of drug-likeness (QED) is 0.509. The Bertz CT molecular complexity index is 1240. The van der Waals surface area contributed by atoms with Gasteiger partial charge in [0.25, 0.3) is 5.91 Å². The van der Waals surface area contributed by atoms with Crippen LogP contribution in [0.5, 0.6) is 0 Å². The number of piperidine rings is 1. The number of hydrogen-bond acceptors (Lipinski definition) is 5. The highest BCUT2D eigenvalue weighted by molar-refractivity contribution is 6.00. The number of rotatable bonds is 5. The van der Waals surface area contributed by atoms with Crippen molar-refractivity contribution < 1.29 is 4.79 Å². The van der Waals surface area contributed by atoms with Gasteiger partial charge in [-0.3, -0.25) is 4.79 Å². The van der Waals surface area contributed by atoms with E-state index in [1.807, 2.05) is 67.7 Å². The van der Waals surface area contributed by atoms with Crippen molar-refractivity contribution in [1.82, 2.24) is 25.1 Å². The van der Waals surface area contributed by atoms with E-state index in [0.29, 0.717) is 23.8 Å². The third-order valence-corrected chi connectivity index (χ3v) is 5.86. The van der Waals surface area contributed by atoms with Gasteiger partial charge in [-0.05, 0) is 44.0 Å². The first-order valence-electron chi connectivity index (χ1n) is 11.2. The first kappa shape index (κ1) is 20.9. The Morgan fingerprint density at radius 1 is 1.03 bits per heavy atom. The normalized spacial score (nSPS) is 15.9. The zero-order valence-corrected chi connectivity index (χ0v) is 18.6. The van der Waals surface area contributed by atoms with Gasteiger partial charge in [0.05, 0.1) is 11.3 Å². The van der Waals surface area contributed by atoms with Gasteiger partial charge in [-0.1, -0.05) is 42.0 Å². The van der Waals surface area contributed by atoms with Crippen LogP contribution in [0.3, 0.4) is 0 Å². The molecule has 166 valence electrons. The second-order valence-electron chi connectivity index (χ2n) is 8.35. The van der Waals surface area contributed by atoms with Crippen molar-refractivity contribution in [2.24, 2.45) is 0 Å². The largest absolute Gasteiger partial charge is 0.347 e. The maximum Gasteiger partial charge on any atom is 0.255 e. The van der Waals surface area contributed by atoms with Crippen molar-refractivity contribution in [3.63, 3.8) is 0 Å². The van der Waals surface area contributed by atoms with Gasteiger partial charge in [0.1, 0.15) is 5.69 Å². The molecule has 2 aromatic carbocycles. The number of para-hydroxylation sites is 1. The standard InChI is InChI=1S/C26H26N6O/c1-19-8-5-9-20(16-19)24-23(18-32(30-24)22-11-3-2-4-12-22)25(33)29-21-10-6-15-31(17-21)26-27-13-7-14-28-26/h2-5,7-9,11-14,16,18,21H,6,10,15,17H2,1H3,(H,29,33). The van der Waals surface area contributed by atoms with Gasteiger partial charge < -0.3 is 10.2 Å². The third kappa shape index (κ3) is 4.62. The van der Waals surface area contributed by atoms with E-state index in [2.05, 4.69) is 26.3 Å². The molecule has 7 nitrogen and oxygen atoms in total. The zero-order chi connectivity index (χ0) is 22.6. The number of amides is 1. The molecule has 3 heterocycles.